The van der Waals surface area contributed by atoms with Crippen molar-refractivity contribution in [1.29, 1.82) is 0 Å². The van der Waals surface area contributed by atoms with Crippen molar-refractivity contribution in [2.45, 2.75) is 19.0 Å². The summed E-state index contributed by atoms with van der Waals surface area (Å²) >= 11 is 0. The van der Waals surface area contributed by atoms with E-state index in [0.29, 0.717) is 0 Å². The SMILES string of the molecule is Nc1c(F)ccc(NCCCC(F)(F)F)c1C(=O)O. The molecule has 8 heteroatoms. The van der Waals surface area contributed by atoms with Crippen LogP contribution in [0.2, 0.25) is 0 Å². The molecule has 0 saturated carbocycles. The molecule has 0 fully saturated rings. The van der Waals surface area contributed by atoms with Gasteiger partial charge in [-0.25, -0.2) is 9.18 Å². The van der Waals surface area contributed by atoms with Crippen molar-refractivity contribution in [3.05, 3.63) is 23.5 Å². The molecule has 1 aromatic carbocycles. The fourth-order valence-corrected chi connectivity index (χ4v) is 1.48. The molecule has 0 bridgehead atoms. The zero-order chi connectivity index (χ0) is 14.6. The quantitative estimate of drug-likeness (QED) is 0.440. The Hall–Kier alpha value is -1.99. The fourth-order valence-electron chi connectivity index (χ4n) is 1.48. The van der Waals surface area contributed by atoms with E-state index in [1.807, 2.05) is 0 Å². The molecule has 0 radical (unpaired) electrons. The van der Waals surface area contributed by atoms with Crippen molar-refractivity contribution in [3.63, 3.8) is 0 Å². The highest BCUT2D eigenvalue weighted by atomic mass is 19.4. The molecule has 0 amide bonds. The van der Waals surface area contributed by atoms with E-state index >= 15 is 0 Å². The van der Waals surface area contributed by atoms with E-state index in [9.17, 15) is 22.4 Å². The van der Waals surface area contributed by atoms with E-state index in [-0.39, 0.29) is 18.7 Å². The summed E-state index contributed by atoms with van der Waals surface area (Å²) in [5.41, 5.74) is 4.25. The van der Waals surface area contributed by atoms with Gasteiger partial charge in [0.05, 0.1) is 11.4 Å². The van der Waals surface area contributed by atoms with Crippen LogP contribution in [0.5, 0.6) is 0 Å². The average Bonchev–Trinajstić information content (AvgIpc) is 2.27. The highest BCUT2D eigenvalue weighted by Crippen LogP contribution is 2.26. The van der Waals surface area contributed by atoms with Gasteiger partial charge in [-0.3, -0.25) is 0 Å². The lowest BCUT2D eigenvalue weighted by Gasteiger charge is -2.12. The van der Waals surface area contributed by atoms with E-state index in [0.717, 1.165) is 12.1 Å². The van der Waals surface area contributed by atoms with Gasteiger partial charge in [-0.2, -0.15) is 13.2 Å². The van der Waals surface area contributed by atoms with Crippen LogP contribution in [0.4, 0.5) is 28.9 Å². The topological polar surface area (TPSA) is 75.3 Å². The molecular formula is C11H12F4N2O2. The fraction of sp³-hybridized carbons (Fsp3) is 0.364. The Morgan fingerprint density at radius 3 is 2.53 bits per heavy atom. The van der Waals surface area contributed by atoms with Crippen molar-refractivity contribution in [2.24, 2.45) is 0 Å². The zero-order valence-corrected chi connectivity index (χ0v) is 9.72. The maximum absolute atomic E-state index is 13.1. The monoisotopic (exact) mass is 280 g/mol. The number of carboxylic acid groups (broad SMARTS) is 1. The molecule has 0 aliphatic rings. The first-order chi connectivity index (χ1) is 8.72. The number of hydrogen-bond acceptors (Lipinski definition) is 3. The average molecular weight is 280 g/mol. The number of benzene rings is 1. The van der Waals surface area contributed by atoms with E-state index in [1.165, 1.54) is 0 Å². The summed E-state index contributed by atoms with van der Waals surface area (Å²) in [6.45, 7) is -0.0924. The van der Waals surface area contributed by atoms with Crippen LogP contribution in [0.3, 0.4) is 0 Å². The molecular weight excluding hydrogens is 268 g/mol. The number of halogens is 4. The normalized spacial score (nSPS) is 11.4. The molecule has 0 unspecified atom stereocenters. The van der Waals surface area contributed by atoms with Gasteiger partial charge >= 0.3 is 12.1 Å². The number of hydrogen-bond donors (Lipinski definition) is 3. The van der Waals surface area contributed by atoms with Gasteiger partial charge in [0.15, 0.2) is 0 Å². The second-order valence-corrected chi connectivity index (χ2v) is 3.83. The molecule has 106 valence electrons. The highest BCUT2D eigenvalue weighted by Gasteiger charge is 2.26. The van der Waals surface area contributed by atoms with Crippen LogP contribution in [0.15, 0.2) is 12.1 Å². The van der Waals surface area contributed by atoms with Gasteiger partial charge in [-0.05, 0) is 18.6 Å². The van der Waals surface area contributed by atoms with Gasteiger partial charge in [0.25, 0.3) is 0 Å². The number of aromatic carboxylic acids is 1. The molecule has 0 aromatic heterocycles. The Bertz CT molecular complexity index is 474. The van der Waals surface area contributed by atoms with Crippen molar-refractivity contribution >= 4 is 17.3 Å². The number of nitrogens with one attached hydrogen (secondary N) is 1. The molecule has 1 rings (SSSR count). The Kier molecular flexibility index (Phi) is 4.57. The molecule has 0 aliphatic heterocycles. The summed E-state index contributed by atoms with van der Waals surface area (Å²) in [5.74, 6) is -2.34. The highest BCUT2D eigenvalue weighted by molar-refractivity contribution is 6.00. The summed E-state index contributed by atoms with van der Waals surface area (Å²) in [6.07, 6.45) is -5.47. The molecule has 0 saturated heterocycles. The number of alkyl halides is 3. The van der Waals surface area contributed by atoms with Crippen molar-refractivity contribution in [2.75, 3.05) is 17.6 Å². The second kappa shape index (κ2) is 5.77. The minimum atomic E-state index is -4.26. The molecule has 4 N–H and O–H groups in total. The maximum atomic E-state index is 13.1. The number of anilines is 2. The molecule has 0 atom stereocenters. The third-order valence-corrected chi connectivity index (χ3v) is 2.36. The Balaban J connectivity index is 2.74. The third kappa shape index (κ3) is 4.31. The lowest BCUT2D eigenvalue weighted by atomic mass is 10.1. The predicted octanol–water partition coefficient (Wildman–Crippen LogP) is 2.86. The smallest absolute Gasteiger partial charge is 0.389 e. The number of carbonyl (C=O) groups is 1. The molecule has 4 nitrogen and oxygen atoms in total. The van der Waals surface area contributed by atoms with Gasteiger partial charge < -0.3 is 16.2 Å². The summed E-state index contributed by atoms with van der Waals surface area (Å²) in [4.78, 5) is 10.9. The molecule has 0 aliphatic carbocycles. The summed E-state index contributed by atoms with van der Waals surface area (Å²) in [5, 5.41) is 11.4. The maximum Gasteiger partial charge on any atom is 0.389 e. The van der Waals surface area contributed by atoms with Crippen molar-refractivity contribution < 1.29 is 27.5 Å². The van der Waals surface area contributed by atoms with Crippen LogP contribution in [-0.4, -0.2) is 23.8 Å². The first kappa shape index (κ1) is 15.1. The first-order valence-electron chi connectivity index (χ1n) is 5.34. The lowest BCUT2D eigenvalue weighted by molar-refractivity contribution is -0.134. The first-order valence-corrected chi connectivity index (χ1v) is 5.34. The molecule has 0 spiro atoms. The van der Waals surface area contributed by atoms with Crippen LogP contribution in [-0.2, 0) is 0 Å². The van der Waals surface area contributed by atoms with Crippen LogP contribution in [0, 0.1) is 5.82 Å². The molecule has 19 heavy (non-hydrogen) atoms. The largest absolute Gasteiger partial charge is 0.478 e. The third-order valence-electron chi connectivity index (χ3n) is 2.36. The number of carboxylic acids is 1. The minimum Gasteiger partial charge on any atom is -0.478 e. The van der Waals surface area contributed by atoms with Crippen LogP contribution >= 0.6 is 0 Å². The van der Waals surface area contributed by atoms with E-state index in [2.05, 4.69) is 5.32 Å². The Morgan fingerprint density at radius 1 is 1.37 bits per heavy atom. The van der Waals surface area contributed by atoms with Gasteiger partial charge in [0.1, 0.15) is 11.4 Å². The van der Waals surface area contributed by atoms with E-state index in [1.54, 1.807) is 0 Å². The van der Waals surface area contributed by atoms with E-state index < -0.39 is 35.6 Å². The number of nitrogens with two attached hydrogens (primary N) is 1. The Morgan fingerprint density at radius 2 is 2.00 bits per heavy atom. The van der Waals surface area contributed by atoms with Crippen LogP contribution in [0.1, 0.15) is 23.2 Å². The zero-order valence-electron chi connectivity index (χ0n) is 9.72. The van der Waals surface area contributed by atoms with Gasteiger partial charge in [0, 0.05) is 13.0 Å². The lowest BCUT2D eigenvalue weighted by Crippen LogP contribution is -2.14. The second-order valence-electron chi connectivity index (χ2n) is 3.83. The standard InChI is InChI=1S/C11H12F4N2O2/c12-6-2-3-7(8(9(6)16)10(18)19)17-5-1-4-11(13,14)15/h2-3,17H,1,4-5,16H2,(H,18,19). The Labute approximate surface area is 106 Å². The minimum absolute atomic E-state index is 0.00595. The molecule has 1 aromatic rings. The van der Waals surface area contributed by atoms with Crippen LogP contribution in [0.25, 0.3) is 0 Å². The van der Waals surface area contributed by atoms with Gasteiger partial charge in [-0.1, -0.05) is 0 Å². The van der Waals surface area contributed by atoms with Crippen molar-refractivity contribution in [1.82, 2.24) is 0 Å². The summed E-state index contributed by atoms with van der Waals surface area (Å²) in [7, 11) is 0. The predicted molar refractivity (Wildman–Crippen MR) is 61.6 cm³/mol. The van der Waals surface area contributed by atoms with Crippen LogP contribution < -0.4 is 11.1 Å². The number of rotatable bonds is 5. The van der Waals surface area contributed by atoms with Gasteiger partial charge in [-0.15, -0.1) is 0 Å². The van der Waals surface area contributed by atoms with Gasteiger partial charge in [0.2, 0.25) is 0 Å². The summed E-state index contributed by atoms with van der Waals surface area (Å²) in [6, 6.07) is 2.08. The van der Waals surface area contributed by atoms with E-state index in [4.69, 9.17) is 10.8 Å². The molecule has 0 heterocycles. The number of nitrogen functional groups attached to an aromatic ring is 1. The summed E-state index contributed by atoms with van der Waals surface area (Å²) < 4.78 is 48.8. The van der Waals surface area contributed by atoms with Crippen molar-refractivity contribution in [3.8, 4) is 0 Å².